The maximum Gasteiger partial charge on any atom is 0.0494 e. The molecule has 3 heteroatoms. The zero-order chi connectivity index (χ0) is 13.1. The molecule has 110 valence electrons. The van der Waals surface area contributed by atoms with Gasteiger partial charge in [-0.1, -0.05) is 0 Å². The first-order chi connectivity index (χ1) is 9.31. The summed E-state index contributed by atoms with van der Waals surface area (Å²) in [5.41, 5.74) is 5.99. The smallest absolute Gasteiger partial charge is 0.0494 e. The lowest BCUT2D eigenvalue weighted by Gasteiger charge is -2.40. The van der Waals surface area contributed by atoms with Crippen LogP contribution in [-0.2, 0) is 4.74 Å². The second-order valence-corrected chi connectivity index (χ2v) is 7.03. The van der Waals surface area contributed by atoms with E-state index in [1.165, 1.54) is 64.5 Å². The molecule has 0 spiro atoms. The molecule has 3 rings (SSSR count). The monoisotopic (exact) mass is 266 g/mol. The van der Waals surface area contributed by atoms with E-state index in [0.717, 1.165) is 31.1 Å². The molecule has 3 nitrogen and oxygen atoms in total. The van der Waals surface area contributed by atoms with E-state index in [-0.39, 0.29) is 0 Å². The van der Waals surface area contributed by atoms with Gasteiger partial charge in [0.2, 0.25) is 0 Å². The maximum absolute atomic E-state index is 5.99. The SMILES string of the molecule is NC1CCN(C2CCC(COCC3CC3)CC2)CC1. The minimum atomic E-state index is 0.461. The second-order valence-electron chi connectivity index (χ2n) is 7.03. The van der Waals surface area contributed by atoms with Crippen LogP contribution in [0.15, 0.2) is 0 Å². The van der Waals surface area contributed by atoms with Gasteiger partial charge in [0.1, 0.15) is 0 Å². The van der Waals surface area contributed by atoms with Gasteiger partial charge in [0, 0.05) is 25.3 Å². The molecule has 0 aromatic heterocycles. The van der Waals surface area contributed by atoms with Crippen molar-refractivity contribution in [3.63, 3.8) is 0 Å². The van der Waals surface area contributed by atoms with Gasteiger partial charge in [-0.2, -0.15) is 0 Å². The minimum Gasteiger partial charge on any atom is -0.381 e. The largest absolute Gasteiger partial charge is 0.381 e. The fourth-order valence-corrected chi connectivity index (χ4v) is 3.65. The van der Waals surface area contributed by atoms with E-state index >= 15 is 0 Å². The Hall–Kier alpha value is -0.120. The van der Waals surface area contributed by atoms with Gasteiger partial charge in [-0.3, -0.25) is 0 Å². The van der Waals surface area contributed by atoms with E-state index in [2.05, 4.69) is 4.90 Å². The number of hydrogen-bond donors (Lipinski definition) is 1. The molecule has 2 saturated carbocycles. The van der Waals surface area contributed by atoms with Crippen LogP contribution in [0, 0.1) is 11.8 Å². The van der Waals surface area contributed by atoms with E-state index in [0.29, 0.717) is 6.04 Å². The van der Waals surface area contributed by atoms with Gasteiger partial charge >= 0.3 is 0 Å². The second kappa shape index (κ2) is 6.55. The van der Waals surface area contributed by atoms with E-state index in [9.17, 15) is 0 Å². The standard InChI is InChI=1S/C16H30N2O/c17-15-7-9-18(10-8-15)16-5-3-14(4-6-16)12-19-11-13-1-2-13/h13-16H,1-12,17H2. The predicted octanol–water partition coefficient (Wildman–Crippen LogP) is 2.39. The molecule has 0 atom stereocenters. The molecular formula is C16H30N2O. The third-order valence-corrected chi connectivity index (χ3v) is 5.31. The molecule has 19 heavy (non-hydrogen) atoms. The molecule has 0 radical (unpaired) electrons. The van der Waals surface area contributed by atoms with Gasteiger partial charge in [0.15, 0.2) is 0 Å². The number of nitrogens with zero attached hydrogens (tertiary/aromatic N) is 1. The molecule has 2 aliphatic carbocycles. The maximum atomic E-state index is 5.99. The van der Waals surface area contributed by atoms with Crippen LogP contribution >= 0.6 is 0 Å². The molecule has 3 aliphatic rings. The summed E-state index contributed by atoms with van der Waals surface area (Å²) >= 11 is 0. The Morgan fingerprint density at radius 1 is 0.789 bits per heavy atom. The van der Waals surface area contributed by atoms with Crippen molar-refractivity contribution in [2.75, 3.05) is 26.3 Å². The summed E-state index contributed by atoms with van der Waals surface area (Å²) in [6.45, 7) is 4.52. The van der Waals surface area contributed by atoms with Gasteiger partial charge in [0.25, 0.3) is 0 Å². The fraction of sp³-hybridized carbons (Fsp3) is 1.00. The van der Waals surface area contributed by atoms with Crippen molar-refractivity contribution in [2.24, 2.45) is 17.6 Å². The number of hydrogen-bond acceptors (Lipinski definition) is 3. The van der Waals surface area contributed by atoms with Crippen molar-refractivity contribution in [3.05, 3.63) is 0 Å². The number of nitrogens with two attached hydrogens (primary N) is 1. The summed E-state index contributed by atoms with van der Waals surface area (Å²) in [5, 5.41) is 0. The fourth-order valence-electron chi connectivity index (χ4n) is 3.65. The van der Waals surface area contributed by atoms with Gasteiger partial charge < -0.3 is 15.4 Å². The molecule has 1 aliphatic heterocycles. The minimum absolute atomic E-state index is 0.461. The number of rotatable bonds is 5. The van der Waals surface area contributed by atoms with Crippen LogP contribution in [0.4, 0.5) is 0 Å². The van der Waals surface area contributed by atoms with Gasteiger partial charge in [-0.25, -0.2) is 0 Å². The molecule has 0 amide bonds. The normalized spacial score (nSPS) is 34.6. The lowest BCUT2D eigenvalue weighted by atomic mass is 9.85. The predicted molar refractivity (Wildman–Crippen MR) is 78.1 cm³/mol. The zero-order valence-electron chi connectivity index (χ0n) is 12.2. The summed E-state index contributed by atoms with van der Waals surface area (Å²) in [6, 6.07) is 1.30. The van der Waals surface area contributed by atoms with E-state index in [4.69, 9.17) is 10.5 Å². The van der Waals surface area contributed by atoms with E-state index in [1.54, 1.807) is 0 Å². The first-order valence-corrected chi connectivity index (χ1v) is 8.38. The van der Waals surface area contributed by atoms with Crippen molar-refractivity contribution in [2.45, 2.75) is 63.5 Å². The number of likely N-dealkylation sites (tertiary alicyclic amines) is 1. The molecule has 1 saturated heterocycles. The summed E-state index contributed by atoms with van der Waals surface area (Å²) in [7, 11) is 0. The highest BCUT2D eigenvalue weighted by Gasteiger charge is 2.28. The van der Waals surface area contributed by atoms with Crippen LogP contribution < -0.4 is 5.73 Å². The molecule has 0 bridgehead atoms. The molecule has 1 heterocycles. The van der Waals surface area contributed by atoms with E-state index in [1.807, 2.05) is 0 Å². The van der Waals surface area contributed by atoms with Crippen molar-refractivity contribution < 1.29 is 4.74 Å². The Labute approximate surface area is 117 Å². The molecule has 0 aromatic rings. The summed E-state index contributed by atoms with van der Waals surface area (Å²) in [5.74, 6) is 1.75. The Balaban J connectivity index is 1.32. The van der Waals surface area contributed by atoms with Crippen molar-refractivity contribution in [3.8, 4) is 0 Å². The van der Waals surface area contributed by atoms with Crippen molar-refractivity contribution in [1.29, 1.82) is 0 Å². The highest BCUT2D eigenvalue weighted by atomic mass is 16.5. The zero-order valence-corrected chi connectivity index (χ0v) is 12.2. The van der Waals surface area contributed by atoms with Gasteiger partial charge in [-0.05, 0) is 76.3 Å². The summed E-state index contributed by atoms with van der Waals surface area (Å²) in [6.07, 6.45) is 10.7. The Morgan fingerprint density at radius 3 is 1.84 bits per heavy atom. The van der Waals surface area contributed by atoms with Crippen LogP contribution in [0.3, 0.4) is 0 Å². The highest BCUT2D eigenvalue weighted by Crippen LogP contribution is 2.31. The first-order valence-electron chi connectivity index (χ1n) is 8.38. The van der Waals surface area contributed by atoms with Crippen LogP contribution in [-0.4, -0.2) is 43.3 Å². The highest BCUT2D eigenvalue weighted by molar-refractivity contribution is 4.84. The van der Waals surface area contributed by atoms with Crippen LogP contribution in [0.1, 0.15) is 51.4 Å². The third kappa shape index (κ3) is 4.17. The summed E-state index contributed by atoms with van der Waals surface area (Å²) in [4.78, 5) is 2.70. The topological polar surface area (TPSA) is 38.5 Å². The average Bonchev–Trinajstić information content (AvgIpc) is 3.25. The molecule has 0 aromatic carbocycles. The lowest BCUT2D eigenvalue weighted by Crippen LogP contribution is -2.46. The van der Waals surface area contributed by atoms with Crippen molar-refractivity contribution in [1.82, 2.24) is 4.90 Å². The lowest BCUT2D eigenvalue weighted by molar-refractivity contribution is 0.0528. The first kappa shape index (κ1) is 13.8. The Bertz CT molecular complexity index is 264. The van der Waals surface area contributed by atoms with E-state index < -0.39 is 0 Å². The average molecular weight is 266 g/mol. The van der Waals surface area contributed by atoms with Crippen LogP contribution in [0.5, 0.6) is 0 Å². The molecular weight excluding hydrogens is 236 g/mol. The van der Waals surface area contributed by atoms with Crippen LogP contribution in [0.25, 0.3) is 0 Å². The Morgan fingerprint density at radius 2 is 1.32 bits per heavy atom. The molecule has 2 N–H and O–H groups in total. The summed E-state index contributed by atoms with van der Waals surface area (Å²) < 4.78 is 5.86. The van der Waals surface area contributed by atoms with Crippen LogP contribution in [0.2, 0.25) is 0 Å². The number of ether oxygens (including phenoxy) is 1. The van der Waals surface area contributed by atoms with Crippen molar-refractivity contribution >= 4 is 0 Å². The van der Waals surface area contributed by atoms with Gasteiger partial charge in [0.05, 0.1) is 0 Å². The molecule has 3 fully saturated rings. The third-order valence-electron chi connectivity index (χ3n) is 5.31. The number of piperidine rings is 1. The quantitative estimate of drug-likeness (QED) is 0.830. The Kier molecular flexibility index (Phi) is 4.78. The van der Waals surface area contributed by atoms with Gasteiger partial charge in [-0.15, -0.1) is 0 Å². The molecule has 0 unspecified atom stereocenters.